The molecular weight excluding hydrogens is 350 g/mol. The van der Waals surface area contributed by atoms with Gasteiger partial charge in [0.2, 0.25) is 5.91 Å². The molecule has 1 heterocycles. The van der Waals surface area contributed by atoms with E-state index in [2.05, 4.69) is 53.5 Å². The normalized spacial score (nSPS) is 15.0. The highest BCUT2D eigenvalue weighted by atomic mass is 16.5. The van der Waals surface area contributed by atoms with Gasteiger partial charge in [-0.1, -0.05) is 48.5 Å². The van der Waals surface area contributed by atoms with Gasteiger partial charge in [-0.3, -0.25) is 14.6 Å². The largest absolute Gasteiger partial charge is 0.379 e. The summed E-state index contributed by atoms with van der Waals surface area (Å²) >= 11 is 0. The lowest BCUT2D eigenvalue weighted by molar-refractivity contribution is -0.122. The van der Waals surface area contributed by atoms with Crippen LogP contribution in [0.2, 0.25) is 0 Å². The number of rotatable bonds is 8. The zero-order chi connectivity index (χ0) is 19.8. The molecule has 0 aliphatic carbocycles. The van der Waals surface area contributed by atoms with E-state index in [4.69, 9.17) is 4.74 Å². The smallest absolute Gasteiger partial charge is 0.234 e. The maximum absolute atomic E-state index is 12.3. The Morgan fingerprint density at radius 1 is 1.07 bits per heavy atom. The number of likely N-dealkylation sites (N-methyl/N-ethyl adjacent to an activating group) is 1. The maximum atomic E-state index is 12.3. The number of nitrogens with zero attached hydrogens (tertiary/aromatic N) is 2. The SMILES string of the molecule is Cc1ccccc1CN(C)CC(=O)NCc1ccc(CN2CCOCC2)cc1. The molecule has 0 saturated carbocycles. The zero-order valence-electron chi connectivity index (χ0n) is 17.0. The number of ether oxygens (including phenoxy) is 1. The van der Waals surface area contributed by atoms with E-state index in [1.54, 1.807) is 0 Å². The van der Waals surface area contributed by atoms with Gasteiger partial charge in [0, 0.05) is 32.7 Å². The molecule has 0 bridgehead atoms. The van der Waals surface area contributed by atoms with Gasteiger partial charge in [-0.15, -0.1) is 0 Å². The molecule has 1 fully saturated rings. The average Bonchev–Trinajstić information content (AvgIpc) is 2.70. The zero-order valence-corrected chi connectivity index (χ0v) is 17.0. The average molecular weight is 382 g/mol. The summed E-state index contributed by atoms with van der Waals surface area (Å²) in [6, 6.07) is 16.8. The first-order chi connectivity index (χ1) is 13.6. The summed E-state index contributed by atoms with van der Waals surface area (Å²) < 4.78 is 5.39. The van der Waals surface area contributed by atoms with Crippen molar-refractivity contribution in [1.29, 1.82) is 0 Å². The van der Waals surface area contributed by atoms with Crippen LogP contribution in [0.25, 0.3) is 0 Å². The van der Waals surface area contributed by atoms with Crippen LogP contribution in [0.15, 0.2) is 48.5 Å². The van der Waals surface area contributed by atoms with E-state index in [0.717, 1.165) is 45.0 Å². The lowest BCUT2D eigenvalue weighted by Crippen LogP contribution is -2.35. The van der Waals surface area contributed by atoms with Crippen molar-refractivity contribution in [3.63, 3.8) is 0 Å². The molecule has 0 aromatic heterocycles. The Kier molecular flexibility index (Phi) is 7.60. The number of benzene rings is 2. The Bertz CT molecular complexity index is 755. The van der Waals surface area contributed by atoms with Crippen LogP contribution in [0.3, 0.4) is 0 Å². The van der Waals surface area contributed by atoms with Crippen molar-refractivity contribution >= 4 is 5.91 Å². The number of aryl methyl sites for hydroxylation is 1. The second kappa shape index (κ2) is 10.4. The molecule has 28 heavy (non-hydrogen) atoms. The molecule has 1 N–H and O–H groups in total. The molecule has 2 aromatic rings. The van der Waals surface area contributed by atoms with Gasteiger partial charge in [-0.25, -0.2) is 0 Å². The van der Waals surface area contributed by atoms with E-state index in [9.17, 15) is 4.79 Å². The molecule has 0 spiro atoms. The highest BCUT2D eigenvalue weighted by Crippen LogP contribution is 2.10. The van der Waals surface area contributed by atoms with Gasteiger partial charge in [-0.2, -0.15) is 0 Å². The minimum absolute atomic E-state index is 0.0495. The maximum Gasteiger partial charge on any atom is 0.234 e. The molecule has 1 amide bonds. The summed E-state index contributed by atoms with van der Waals surface area (Å²) in [5.74, 6) is 0.0495. The van der Waals surface area contributed by atoms with E-state index in [1.807, 2.05) is 24.1 Å². The predicted octanol–water partition coefficient (Wildman–Crippen LogP) is 2.58. The third-order valence-electron chi connectivity index (χ3n) is 5.14. The Morgan fingerprint density at radius 2 is 1.75 bits per heavy atom. The fourth-order valence-electron chi connectivity index (χ4n) is 3.42. The number of hydrogen-bond acceptors (Lipinski definition) is 4. The molecule has 1 aliphatic rings. The van der Waals surface area contributed by atoms with E-state index in [0.29, 0.717) is 13.1 Å². The van der Waals surface area contributed by atoms with Crippen LogP contribution in [0.4, 0.5) is 0 Å². The Morgan fingerprint density at radius 3 is 2.46 bits per heavy atom. The third-order valence-corrected chi connectivity index (χ3v) is 5.14. The van der Waals surface area contributed by atoms with E-state index in [1.165, 1.54) is 16.7 Å². The van der Waals surface area contributed by atoms with Crippen molar-refractivity contribution in [2.24, 2.45) is 0 Å². The topological polar surface area (TPSA) is 44.8 Å². The summed E-state index contributed by atoms with van der Waals surface area (Å²) in [7, 11) is 1.98. The van der Waals surface area contributed by atoms with Gasteiger partial charge < -0.3 is 10.1 Å². The van der Waals surface area contributed by atoms with Gasteiger partial charge in [-0.05, 0) is 36.2 Å². The van der Waals surface area contributed by atoms with Crippen molar-refractivity contribution in [2.45, 2.75) is 26.6 Å². The van der Waals surface area contributed by atoms with Crippen molar-refractivity contribution in [2.75, 3.05) is 39.9 Å². The molecule has 0 atom stereocenters. The van der Waals surface area contributed by atoms with Crippen LogP contribution in [0.1, 0.15) is 22.3 Å². The van der Waals surface area contributed by atoms with Gasteiger partial charge in [0.1, 0.15) is 0 Å². The van der Waals surface area contributed by atoms with Crippen molar-refractivity contribution in [3.05, 3.63) is 70.8 Å². The number of amides is 1. The Hall–Kier alpha value is -2.21. The summed E-state index contributed by atoms with van der Waals surface area (Å²) in [6.07, 6.45) is 0. The molecule has 3 rings (SSSR count). The van der Waals surface area contributed by atoms with Crippen molar-refractivity contribution in [1.82, 2.24) is 15.1 Å². The summed E-state index contributed by atoms with van der Waals surface area (Å²) in [5, 5.41) is 3.02. The fraction of sp³-hybridized carbons (Fsp3) is 0.435. The van der Waals surface area contributed by atoms with Gasteiger partial charge in [0.05, 0.1) is 19.8 Å². The molecule has 2 aromatic carbocycles. The molecule has 0 unspecified atom stereocenters. The second-order valence-corrected chi connectivity index (χ2v) is 7.58. The minimum atomic E-state index is 0.0495. The number of carbonyl (C=O) groups is 1. The molecular formula is C23H31N3O2. The van der Waals surface area contributed by atoms with Crippen LogP contribution in [0.5, 0.6) is 0 Å². The van der Waals surface area contributed by atoms with E-state index in [-0.39, 0.29) is 5.91 Å². The number of carbonyl (C=O) groups excluding carboxylic acids is 1. The lowest BCUT2D eigenvalue weighted by atomic mass is 10.1. The highest BCUT2D eigenvalue weighted by Gasteiger charge is 2.11. The molecule has 1 saturated heterocycles. The van der Waals surface area contributed by atoms with E-state index < -0.39 is 0 Å². The third kappa shape index (κ3) is 6.44. The monoisotopic (exact) mass is 381 g/mol. The van der Waals surface area contributed by atoms with Crippen LogP contribution in [0, 0.1) is 6.92 Å². The van der Waals surface area contributed by atoms with Crippen LogP contribution < -0.4 is 5.32 Å². The summed E-state index contributed by atoms with van der Waals surface area (Å²) in [4.78, 5) is 16.7. The molecule has 150 valence electrons. The first-order valence-electron chi connectivity index (χ1n) is 9.98. The van der Waals surface area contributed by atoms with Gasteiger partial charge >= 0.3 is 0 Å². The first kappa shape index (κ1) is 20.5. The van der Waals surface area contributed by atoms with Crippen LogP contribution in [-0.2, 0) is 29.2 Å². The summed E-state index contributed by atoms with van der Waals surface area (Å²) in [5.41, 5.74) is 4.94. The van der Waals surface area contributed by atoms with Crippen molar-refractivity contribution < 1.29 is 9.53 Å². The molecule has 1 aliphatic heterocycles. The molecule has 5 nitrogen and oxygen atoms in total. The van der Waals surface area contributed by atoms with Crippen LogP contribution in [-0.4, -0.2) is 55.6 Å². The number of nitrogens with one attached hydrogen (secondary N) is 1. The highest BCUT2D eigenvalue weighted by molar-refractivity contribution is 5.77. The standard InChI is InChI=1S/C23H31N3O2/c1-19-5-3-4-6-22(19)17-25(2)18-23(27)24-15-20-7-9-21(10-8-20)16-26-11-13-28-14-12-26/h3-10H,11-18H2,1-2H3,(H,24,27). The lowest BCUT2D eigenvalue weighted by Gasteiger charge is -2.26. The Labute approximate surface area is 168 Å². The molecule has 5 heteroatoms. The van der Waals surface area contributed by atoms with E-state index >= 15 is 0 Å². The van der Waals surface area contributed by atoms with Crippen molar-refractivity contribution in [3.8, 4) is 0 Å². The fourth-order valence-corrected chi connectivity index (χ4v) is 3.42. The number of hydrogen-bond donors (Lipinski definition) is 1. The number of morpholine rings is 1. The summed E-state index contributed by atoms with van der Waals surface area (Å²) in [6.45, 7) is 8.42. The quantitative estimate of drug-likeness (QED) is 0.763. The first-order valence-corrected chi connectivity index (χ1v) is 9.98. The van der Waals surface area contributed by atoms with Gasteiger partial charge in [0.15, 0.2) is 0 Å². The second-order valence-electron chi connectivity index (χ2n) is 7.58. The Balaban J connectivity index is 1.40. The van der Waals surface area contributed by atoms with Crippen LogP contribution >= 0.6 is 0 Å². The predicted molar refractivity (Wildman–Crippen MR) is 112 cm³/mol. The van der Waals surface area contributed by atoms with Gasteiger partial charge in [0.25, 0.3) is 0 Å². The molecule has 0 radical (unpaired) electrons. The minimum Gasteiger partial charge on any atom is -0.379 e.